The summed E-state index contributed by atoms with van der Waals surface area (Å²) in [5.74, 6) is 0.811. The number of rotatable bonds is 3. The summed E-state index contributed by atoms with van der Waals surface area (Å²) in [6, 6.07) is 6.68. The topological polar surface area (TPSA) is 61.0 Å². The van der Waals surface area contributed by atoms with E-state index < -0.39 is 0 Å². The van der Waals surface area contributed by atoms with E-state index in [1.165, 1.54) is 0 Å². The predicted octanol–water partition coefficient (Wildman–Crippen LogP) is 3.03. The Bertz CT molecular complexity index is 534. The lowest BCUT2D eigenvalue weighted by atomic mass is 10.3. The molecule has 1 aromatic heterocycles. The highest BCUT2D eigenvalue weighted by Gasteiger charge is 2.08. The Labute approximate surface area is 108 Å². The number of hydrogen-bond donors (Lipinski definition) is 1. The van der Waals surface area contributed by atoms with Crippen molar-refractivity contribution < 1.29 is 4.74 Å². The average Bonchev–Trinajstić information content (AvgIpc) is 2.33. The van der Waals surface area contributed by atoms with Crippen molar-refractivity contribution in [2.45, 2.75) is 6.54 Å². The van der Waals surface area contributed by atoms with Gasteiger partial charge >= 0.3 is 0 Å². The lowest BCUT2D eigenvalue weighted by Gasteiger charge is -2.08. The standard InChI is InChI=1S/C11H9Cl2N3O/c12-8-1-2-10(9(13)5-8)17-11-7(6-14)3-4-15-16-11/h1-5H,6,14H2. The van der Waals surface area contributed by atoms with E-state index in [1.807, 2.05) is 0 Å². The first-order valence-corrected chi connectivity index (χ1v) is 5.60. The van der Waals surface area contributed by atoms with Crippen molar-refractivity contribution in [1.82, 2.24) is 10.2 Å². The zero-order chi connectivity index (χ0) is 12.3. The van der Waals surface area contributed by atoms with Gasteiger partial charge in [0.2, 0.25) is 5.88 Å². The molecule has 2 N–H and O–H groups in total. The molecule has 0 fully saturated rings. The van der Waals surface area contributed by atoms with Gasteiger partial charge in [-0.3, -0.25) is 0 Å². The molecule has 4 nitrogen and oxygen atoms in total. The molecule has 0 bridgehead atoms. The lowest BCUT2D eigenvalue weighted by Crippen LogP contribution is -2.02. The van der Waals surface area contributed by atoms with Gasteiger partial charge in [-0.25, -0.2) is 0 Å². The number of benzene rings is 1. The highest BCUT2D eigenvalue weighted by Crippen LogP contribution is 2.31. The van der Waals surface area contributed by atoms with Crippen LogP contribution in [0.3, 0.4) is 0 Å². The molecule has 0 atom stereocenters. The number of hydrogen-bond acceptors (Lipinski definition) is 4. The minimum absolute atomic E-state index is 0.316. The molecule has 0 saturated carbocycles. The number of aromatic nitrogens is 2. The highest BCUT2D eigenvalue weighted by atomic mass is 35.5. The normalized spacial score (nSPS) is 10.3. The molecule has 0 aliphatic rings. The summed E-state index contributed by atoms with van der Waals surface area (Å²) >= 11 is 11.8. The van der Waals surface area contributed by atoms with Gasteiger partial charge in [0.1, 0.15) is 5.75 Å². The molecule has 0 unspecified atom stereocenters. The molecule has 0 spiro atoms. The Hall–Kier alpha value is -1.36. The second kappa shape index (κ2) is 5.31. The van der Waals surface area contributed by atoms with Crippen LogP contribution in [0.25, 0.3) is 0 Å². The molecule has 0 aliphatic heterocycles. The largest absolute Gasteiger partial charge is 0.436 e. The van der Waals surface area contributed by atoms with Gasteiger partial charge in [0.15, 0.2) is 0 Å². The molecule has 1 heterocycles. The first-order valence-electron chi connectivity index (χ1n) is 4.84. The van der Waals surface area contributed by atoms with Gasteiger partial charge < -0.3 is 10.5 Å². The summed E-state index contributed by atoms with van der Waals surface area (Å²) in [6.07, 6.45) is 1.55. The van der Waals surface area contributed by atoms with E-state index in [9.17, 15) is 0 Å². The molecule has 2 rings (SSSR count). The van der Waals surface area contributed by atoms with Crippen LogP contribution in [0.15, 0.2) is 30.5 Å². The molecule has 0 aliphatic carbocycles. The van der Waals surface area contributed by atoms with E-state index in [0.29, 0.717) is 28.2 Å². The van der Waals surface area contributed by atoms with Crippen LogP contribution in [0.4, 0.5) is 0 Å². The molecule has 0 saturated heterocycles. The van der Waals surface area contributed by atoms with Crippen LogP contribution in [0, 0.1) is 0 Å². The zero-order valence-corrected chi connectivity index (χ0v) is 10.2. The fourth-order valence-electron chi connectivity index (χ4n) is 1.25. The van der Waals surface area contributed by atoms with E-state index in [1.54, 1.807) is 30.5 Å². The second-order valence-corrected chi connectivity index (χ2v) is 4.09. The molecule has 1 aromatic carbocycles. The molecule has 88 valence electrons. The van der Waals surface area contributed by atoms with Crippen LogP contribution in [-0.2, 0) is 6.54 Å². The van der Waals surface area contributed by atoms with Gasteiger partial charge in [-0.15, -0.1) is 5.10 Å². The summed E-state index contributed by atoms with van der Waals surface area (Å²) in [4.78, 5) is 0. The fraction of sp³-hybridized carbons (Fsp3) is 0.0909. The maximum Gasteiger partial charge on any atom is 0.243 e. The first-order chi connectivity index (χ1) is 8.20. The van der Waals surface area contributed by atoms with Gasteiger partial charge in [-0.2, -0.15) is 5.10 Å². The van der Waals surface area contributed by atoms with Crippen LogP contribution < -0.4 is 10.5 Å². The SMILES string of the molecule is NCc1ccnnc1Oc1ccc(Cl)cc1Cl. The molecule has 0 amide bonds. The molecule has 0 radical (unpaired) electrons. The summed E-state index contributed by atoms with van der Waals surface area (Å²) in [6.45, 7) is 0.316. The van der Waals surface area contributed by atoms with Crippen molar-refractivity contribution in [2.75, 3.05) is 0 Å². The lowest BCUT2D eigenvalue weighted by molar-refractivity contribution is 0.448. The van der Waals surface area contributed by atoms with Crippen molar-refractivity contribution in [2.24, 2.45) is 5.73 Å². The number of nitrogens with two attached hydrogens (primary N) is 1. The molecular weight excluding hydrogens is 261 g/mol. The van der Waals surface area contributed by atoms with Crippen LogP contribution in [0.2, 0.25) is 10.0 Å². The van der Waals surface area contributed by atoms with Gasteiger partial charge in [-0.1, -0.05) is 23.2 Å². The third-order valence-electron chi connectivity index (χ3n) is 2.09. The molecular formula is C11H9Cl2N3O. The van der Waals surface area contributed by atoms with Crippen molar-refractivity contribution in [1.29, 1.82) is 0 Å². The number of halogens is 2. The molecule has 17 heavy (non-hydrogen) atoms. The predicted molar refractivity (Wildman–Crippen MR) is 66.5 cm³/mol. The van der Waals surface area contributed by atoms with Crippen molar-refractivity contribution in [3.05, 3.63) is 46.1 Å². The quantitative estimate of drug-likeness (QED) is 0.931. The Morgan fingerprint density at radius 3 is 2.76 bits per heavy atom. The first kappa shape index (κ1) is 12.1. The van der Waals surface area contributed by atoms with E-state index in [0.717, 1.165) is 5.56 Å². The smallest absolute Gasteiger partial charge is 0.243 e. The second-order valence-electron chi connectivity index (χ2n) is 3.24. The van der Waals surface area contributed by atoms with Crippen LogP contribution in [-0.4, -0.2) is 10.2 Å². The van der Waals surface area contributed by atoms with Crippen LogP contribution in [0.1, 0.15) is 5.56 Å². The van der Waals surface area contributed by atoms with E-state index in [2.05, 4.69) is 10.2 Å². The van der Waals surface area contributed by atoms with Gasteiger partial charge in [-0.05, 0) is 24.3 Å². The summed E-state index contributed by atoms with van der Waals surface area (Å²) in [5, 5.41) is 8.55. The maximum absolute atomic E-state index is 5.99. The zero-order valence-electron chi connectivity index (χ0n) is 8.73. The Morgan fingerprint density at radius 2 is 2.06 bits per heavy atom. The minimum Gasteiger partial charge on any atom is -0.436 e. The monoisotopic (exact) mass is 269 g/mol. The van der Waals surface area contributed by atoms with Gasteiger partial charge in [0.25, 0.3) is 0 Å². The summed E-state index contributed by atoms with van der Waals surface area (Å²) in [5.41, 5.74) is 6.32. The fourth-order valence-corrected chi connectivity index (χ4v) is 1.70. The van der Waals surface area contributed by atoms with E-state index in [4.69, 9.17) is 33.7 Å². The van der Waals surface area contributed by atoms with Crippen molar-refractivity contribution >= 4 is 23.2 Å². The van der Waals surface area contributed by atoms with Crippen LogP contribution >= 0.6 is 23.2 Å². The maximum atomic E-state index is 5.99. The highest BCUT2D eigenvalue weighted by molar-refractivity contribution is 6.35. The van der Waals surface area contributed by atoms with Gasteiger partial charge in [0, 0.05) is 17.1 Å². The Kier molecular flexibility index (Phi) is 3.78. The minimum atomic E-state index is 0.316. The molecule has 2 aromatic rings. The Morgan fingerprint density at radius 1 is 1.24 bits per heavy atom. The summed E-state index contributed by atoms with van der Waals surface area (Å²) < 4.78 is 5.54. The third kappa shape index (κ3) is 2.85. The third-order valence-corrected chi connectivity index (χ3v) is 2.62. The van der Waals surface area contributed by atoms with Crippen molar-refractivity contribution in [3.63, 3.8) is 0 Å². The number of nitrogens with zero attached hydrogens (tertiary/aromatic N) is 2. The van der Waals surface area contributed by atoms with E-state index >= 15 is 0 Å². The number of ether oxygens (including phenoxy) is 1. The van der Waals surface area contributed by atoms with E-state index in [-0.39, 0.29) is 0 Å². The average molecular weight is 270 g/mol. The Balaban J connectivity index is 2.31. The van der Waals surface area contributed by atoms with Crippen molar-refractivity contribution in [3.8, 4) is 11.6 Å². The van der Waals surface area contributed by atoms with Crippen LogP contribution in [0.5, 0.6) is 11.6 Å². The summed E-state index contributed by atoms with van der Waals surface area (Å²) in [7, 11) is 0. The molecule has 6 heteroatoms. The van der Waals surface area contributed by atoms with Gasteiger partial charge in [0.05, 0.1) is 11.2 Å².